The minimum absolute atomic E-state index is 0.0156. The average molecular weight is 309 g/mol. The minimum Gasteiger partial charge on any atom is -0.506 e. The van der Waals surface area contributed by atoms with E-state index in [1.54, 1.807) is 12.1 Å². The highest BCUT2D eigenvalue weighted by Gasteiger charge is 2.24. The molecule has 0 saturated carbocycles. The lowest BCUT2D eigenvalue weighted by molar-refractivity contribution is -0.118. The van der Waals surface area contributed by atoms with E-state index in [1.165, 1.54) is 11.0 Å². The summed E-state index contributed by atoms with van der Waals surface area (Å²) in [6.07, 6.45) is 1.38. The molecule has 0 aliphatic carbocycles. The van der Waals surface area contributed by atoms with Gasteiger partial charge in [-0.2, -0.15) is 0 Å². The Hall–Kier alpha value is -3.22. The maximum atomic E-state index is 12.7. The van der Waals surface area contributed by atoms with Crippen LogP contribution in [0.1, 0.15) is 17.2 Å². The molecule has 0 bridgehead atoms. The standard InChI is InChI=1S/C16H15N5O2/c1-11-7-8-13(14(22)9-11)18-16(23)15(21-10-17-19-20-21)12-5-3-2-4-6-12/h2-10,15,22H,1H3,(H,18,23). The molecule has 3 rings (SSSR count). The third-order valence-electron chi connectivity index (χ3n) is 3.40. The SMILES string of the molecule is Cc1ccc(NC(=O)C(c2ccccc2)n2cnnn2)c(O)c1. The smallest absolute Gasteiger partial charge is 0.254 e. The average Bonchev–Trinajstić information content (AvgIpc) is 3.05. The van der Waals surface area contributed by atoms with Crippen LogP contribution in [0.15, 0.2) is 54.9 Å². The summed E-state index contributed by atoms with van der Waals surface area (Å²) in [5.74, 6) is -0.329. The van der Waals surface area contributed by atoms with Crippen molar-refractivity contribution in [2.24, 2.45) is 0 Å². The third kappa shape index (κ3) is 3.18. The number of benzene rings is 2. The van der Waals surface area contributed by atoms with Gasteiger partial charge in [-0.25, -0.2) is 4.68 Å². The zero-order valence-electron chi connectivity index (χ0n) is 12.4. The van der Waals surface area contributed by atoms with E-state index in [1.807, 2.05) is 43.3 Å². The molecule has 0 aliphatic rings. The highest BCUT2D eigenvalue weighted by molar-refractivity contribution is 5.96. The molecule has 7 heteroatoms. The number of carbonyl (C=O) groups excluding carboxylic acids is 1. The van der Waals surface area contributed by atoms with E-state index in [0.29, 0.717) is 5.69 Å². The van der Waals surface area contributed by atoms with Gasteiger partial charge in [-0.3, -0.25) is 4.79 Å². The predicted molar refractivity (Wildman–Crippen MR) is 83.9 cm³/mol. The summed E-state index contributed by atoms with van der Waals surface area (Å²) in [5, 5.41) is 23.7. The van der Waals surface area contributed by atoms with Crippen molar-refractivity contribution in [2.45, 2.75) is 13.0 Å². The molecular formula is C16H15N5O2. The largest absolute Gasteiger partial charge is 0.506 e. The van der Waals surface area contributed by atoms with Gasteiger partial charge >= 0.3 is 0 Å². The molecule has 0 radical (unpaired) electrons. The number of tetrazole rings is 1. The van der Waals surface area contributed by atoms with Gasteiger partial charge in [0.15, 0.2) is 6.04 Å². The second kappa shape index (κ2) is 6.27. The molecule has 0 fully saturated rings. The molecule has 116 valence electrons. The van der Waals surface area contributed by atoms with E-state index in [0.717, 1.165) is 11.1 Å². The van der Waals surface area contributed by atoms with Crippen molar-refractivity contribution in [3.05, 3.63) is 66.0 Å². The second-order valence-electron chi connectivity index (χ2n) is 5.11. The van der Waals surface area contributed by atoms with Crippen LogP contribution in [-0.4, -0.2) is 31.2 Å². The molecule has 3 aromatic rings. The van der Waals surface area contributed by atoms with E-state index in [-0.39, 0.29) is 11.7 Å². The zero-order valence-corrected chi connectivity index (χ0v) is 12.4. The van der Waals surface area contributed by atoms with Crippen LogP contribution in [0.3, 0.4) is 0 Å². The summed E-state index contributed by atoms with van der Waals surface area (Å²) in [5.41, 5.74) is 1.99. The summed E-state index contributed by atoms with van der Waals surface area (Å²) in [6.45, 7) is 1.86. The highest BCUT2D eigenvalue weighted by Crippen LogP contribution is 2.26. The lowest BCUT2D eigenvalue weighted by Gasteiger charge is -2.17. The molecule has 1 unspecified atom stereocenters. The zero-order chi connectivity index (χ0) is 16.2. The normalized spacial score (nSPS) is 11.9. The second-order valence-corrected chi connectivity index (χ2v) is 5.11. The van der Waals surface area contributed by atoms with Crippen molar-refractivity contribution in [2.75, 3.05) is 5.32 Å². The Morgan fingerprint density at radius 1 is 1.22 bits per heavy atom. The number of phenols is 1. The van der Waals surface area contributed by atoms with Gasteiger partial charge in [-0.1, -0.05) is 36.4 Å². The monoisotopic (exact) mass is 309 g/mol. The first-order valence-corrected chi connectivity index (χ1v) is 7.03. The van der Waals surface area contributed by atoms with Gasteiger partial charge in [0.25, 0.3) is 5.91 Å². The Kier molecular flexibility index (Phi) is 4.01. The number of nitrogens with one attached hydrogen (secondary N) is 1. The van der Waals surface area contributed by atoms with Crippen LogP contribution >= 0.6 is 0 Å². The van der Waals surface area contributed by atoms with E-state index in [2.05, 4.69) is 20.8 Å². The third-order valence-corrected chi connectivity index (χ3v) is 3.40. The van der Waals surface area contributed by atoms with Crippen molar-refractivity contribution in [3.63, 3.8) is 0 Å². The van der Waals surface area contributed by atoms with Gasteiger partial charge in [0.2, 0.25) is 0 Å². The van der Waals surface area contributed by atoms with Crippen LogP contribution in [0.25, 0.3) is 0 Å². The highest BCUT2D eigenvalue weighted by atomic mass is 16.3. The quantitative estimate of drug-likeness (QED) is 0.718. The van der Waals surface area contributed by atoms with E-state index in [4.69, 9.17) is 0 Å². The minimum atomic E-state index is -0.730. The maximum Gasteiger partial charge on any atom is 0.254 e. The predicted octanol–water partition coefficient (Wildman–Crippen LogP) is 1.92. The van der Waals surface area contributed by atoms with Crippen LogP contribution in [0.5, 0.6) is 5.75 Å². The van der Waals surface area contributed by atoms with E-state index in [9.17, 15) is 9.90 Å². The lowest BCUT2D eigenvalue weighted by atomic mass is 10.1. The van der Waals surface area contributed by atoms with Crippen molar-refractivity contribution in [3.8, 4) is 5.75 Å². The van der Waals surface area contributed by atoms with Crippen molar-refractivity contribution >= 4 is 11.6 Å². The first-order chi connectivity index (χ1) is 11.1. The molecule has 0 spiro atoms. The number of aromatic nitrogens is 4. The van der Waals surface area contributed by atoms with Crippen LogP contribution in [0.2, 0.25) is 0 Å². The van der Waals surface area contributed by atoms with Crippen LogP contribution in [-0.2, 0) is 4.79 Å². The Labute approximate surface area is 132 Å². The summed E-state index contributed by atoms with van der Waals surface area (Å²) in [7, 11) is 0. The molecule has 2 N–H and O–H groups in total. The van der Waals surface area contributed by atoms with Gasteiger partial charge in [0.1, 0.15) is 12.1 Å². The van der Waals surface area contributed by atoms with Crippen LogP contribution in [0, 0.1) is 6.92 Å². The molecule has 7 nitrogen and oxygen atoms in total. The topological polar surface area (TPSA) is 92.9 Å². The Morgan fingerprint density at radius 2 is 2.00 bits per heavy atom. The summed E-state index contributed by atoms with van der Waals surface area (Å²) >= 11 is 0. The number of hydrogen-bond donors (Lipinski definition) is 2. The van der Waals surface area contributed by atoms with Crippen molar-refractivity contribution in [1.29, 1.82) is 0 Å². The molecule has 1 amide bonds. The number of aryl methyl sites for hydroxylation is 1. The van der Waals surface area contributed by atoms with E-state index < -0.39 is 6.04 Å². The Bertz CT molecular complexity index is 803. The van der Waals surface area contributed by atoms with Gasteiger partial charge in [0, 0.05) is 0 Å². The molecule has 1 heterocycles. The summed E-state index contributed by atoms with van der Waals surface area (Å²) in [6, 6.07) is 13.5. The number of rotatable bonds is 4. The first-order valence-electron chi connectivity index (χ1n) is 7.03. The molecule has 23 heavy (non-hydrogen) atoms. The number of anilines is 1. The fraction of sp³-hybridized carbons (Fsp3) is 0.125. The number of hydrogen-bond acceptors (Lipinski definition) is 5. The Morgan fingerprint density at radius 3 is 2.65 bits per heavy atom. The number of nitrogens with zero attached hydrogens (tertiary/aromatic N) is 4. The van der Waals surface area contributed by atoms with Crippen LogP contribution in [0.4, 0.5) is 5.69 Å². The Balaban J connectivity index is 1.92. The van der Waals surface area contributed by atoms with Gasteiger partial charge in [-0.05, 0) is 40.6 Å². The maximum absolute atomic E-state index is 12.7. The fourth-order valence-electron chi connectivity index (χ4n) is 2.29. The van der Waals surface area contributed by atoms with Gasteiger partial charge in [0.05, 0.1) is 5.69 Å². The van der Waals surface area contributed by atoms with Crippen molar-refractivity contribution < 1.29 is 9.90 Å². The molecule has 1 atom stereocenters. The number of carbonyl (C=O) groups is 1. The summed E-state index contributed by atoms with van der Waals surface area (Å²) in [4.78, 5) is 12.7. The van der Waals surface area contributed by atoms with Crippen LogP contribution < -0.4 is 5.32 Å². The molecule has 2 aromatic carbocycles. The number of phenolic OH excluding ortho intramolecular Hbond substituents is 1. The first kappa shape index (κ1) is 14.7. The molecular weight excluding hydrogens is 294 g/mol. The fourth-order valence-corrected chi connectivity index (χ4v) is 2.29. The molecule has 0 aliphatic heterocycles. The summed E-state index contributed by atoms with van der Waals surface area (Å²) < 4.78 is 1.37. The number of amides is 1. The molecule has 0 saturated heterocycles. The molecule has 1 aromatic heterocycles. The van der Waals surface area contributed by atoms with Crippen molar-refractivity contribution in [1.82, 2.24) is 20.2 Å². The van der Waals surface area contributed by atoms with E-state index >= 15 is 0 Å². The van der Waals surface area contributed by atoms with Gasteiger partial charge < -0.3 is 10.4 Å². The lowest BCUT2D eigenvalue weighted by Crippen LogP contribution is -2.27. The number of aromatic hydroxyl groups is 1. The van der Waals surface area contributed by atoms with Gasteiger partial charge in [-0.15, -0.1) is 5.10 Å².